The van der Waals surface area contributed by atoms with Crippen molar-refractivity contribution < 1.29 is 29.0 Å². The normalized spacial score (nSPS) is 11.3. The van der Waals surface area contributed by atoms with E-state index in [1.807, 2.05) is 0 Å². The van der Waals surface area contributed by atoms with Crippen LogP contribution in [0.5, 0.6) is 5.75 Å². The third-order valence-corrected chi connectivity index (χ3v) is 2.52. The van der Waals surface area contributed by atoms with Crippen molar-refractivity contribution in [3.8, 4) is 5.75 Å². The van der Waals surface area contributed by atoms with Crippen LogP contribution in [0.2, 0.25) is 0 Å². The van der Waals surface area contributed by atoms with Gasteiger partial charge in [0.05, 0.1) is 13.5 Å². The summed E-state index contributed by atoms with van der Waals surface area (Å²) in [6, 6.07) is 5.38. The van der Waals surface area contributed by atoms with Crippen LogP contribution < -0.4 is 15.8 Å². The summed E-state index contributed by atoms with van der Waals surface area (Å²) in [5, 5.41) is 10.9. The van der Waals surface area contributed by atoms with Gasteiger partial charge in [-0.2, -0.15) is 0 Å². The number of nitrogens with two attached hydrogens (primary N) is 1. The van der Waals surface area contributed by atoms with E-state index in [2.05, 4.69) is 5.32 Å². The molecule has 1 atom stereocenters. The topological polar surface area (TPSA) is 128 Å². The number of carboxylic acid groups (broad SMARTS) is 1. The molecule has 0 saturated heterocycles. The summed E-state index contributed by atoms with van der Waals surface area (Å²) in [6.07, 6.45) is -1.45. The molecule has 0 fully saturated rings. The summed E-state index contributed by atoms with van der Waals surface area (Å²) in [4.78, 5) is 33.0. The van der Waals surface area contributed by atoms with Crippen molar-refractivity contribution in [3.05, 3.63) is 29.8 Å². The Balaban J connectivity index is 2.48. The molecule has 1 rings (SSSR count). The van der Waals surface area contributed by atoms with Crippen LogP contribution in [0.15, 0.2) is 24.3 Å². The van der Waals surface area contributed by atoms with E-state index in [4.69, 9.17) is 20.3 Å². The second-order valence-electron chi connectivity index (χ2n) is 4.13. The molecule has 0 aromatic heterocycles. The van der Waals surface area contributed by atoms with Crippen LogP contribution >= 0.6 is 0 Å². The first-order valence-electron chi connectivity index (χ1n) is 5.99. The molecule has 1 aromatic rings. The molecule has 0 unspecified atom stereocenters. The summed E-state index contributed by atoms with van der Waals surface area (Å²) >= 11 is 0. The van der Waals surface area contributed by atoms with Crippen molar-refractivity contribution >= 4 is 18.0 Å². The number of benzene rings is 1. The highest BCUT2D eigenvalue weighted by Gasteiger charge is 2.22. The van der Waals surface area contributed by atoms with Crippen LogP contribution in [0, 0.1) is 0 Å². The van der Waals surface area contributed by atoms with Gasteiger partial charge in [0.2, 0.25) is 5.91 Å². The third-order valence-electron chi connectivity index (χ3n) is 2.52. The molecule has 1 aromatic carbocycles. The van der Waals surface area contributed by atoms with Gasteiger partial charge in [0, 0.05) is 0 Å². The molecular formula is C13H16N2O6. The zero-order chi connectivity index (χ0) is 15.8. The first-order chi connectivity index (χ1) is 9.92. The number of ether oxygens (including phenoxy) is 2. The fourth-order valence-electron chi connectivity index (χ4n) is 1.46. The molecule has 2 amide bonds. The molecule has 8 nitrogen and oxygen atoms in total. The lowest BCUT2D eigenvalue weighted by Crippen LogP contribution is -2.43. The van der Waals surface area contributed by atoms with Gasteiger partial charge >= 0.3 is 12.1 Å². The zero-order valence-electron chi connectivity index (χ0n) is 11.4. The average Bonchev–Trinajstić information content (AvgIpc) is 2.44. The summed E-state index contributed by atoms with van der Waals surface area (Å²) in [7, 11) is 1.53. The standard InChI is InChI=1S/C13H16N2O6/c1-20-9-4-2-8(3-5-9)7-21-13(19)15-10(12(17)18)6-11(14)16/h2-5,10H,6-7H2,1H3,(H2,14,16)(H,15,19)(H,17,18)/t10-/m0/s1. The minimum absolute atomic E-state index is 0.0429. The predicted molar refractivity (Wildman–Crippen MR) is 71.5 cm³/mol. The van der Waals surface area contributed by atoms with E-state index in [0.717, 1.165) is 0 Å². The fourth-order valence-corrected chi connectivity index (χ4v) is 1.46. The Bertz CT molecular complexity index is 514. The minimum Gasteiger partial charge on any atom is -0.497 e. The van der Waals surface area contributed by atoms with Gasteiger partial charge in [-0.15, -0.1) is 0 Å². The van der Waals surface area contributed by atoms with Crippen molar-refractivity contribution in [2.75, 3.05) is 7.11 Å². The molecule has 0 saturated carbocycles. The number of amides is 2. The van der Waals surface area contributed by atoms with Crippen LogP contribution in [0.4, 0.5) is 4.79 Å². The van der Waals surface area contributed by atoms with E-state index in [9.17, 15) is 14.4 Å². The first kappa shape index (κ1) is 16.3. The molecule has 0 radical (unpaired) electrons. The maximum atomic E-state index is 11.5. The number of rotatable bonds is 7. The predicted octanol–water partition coefficient (Wildman–Crippen LogP) is 0.250. The van der Waals surface area contributed by atoms with Gasteiger partial charge in [0.15, 0.2) is 0 Å². The molecular weight excluding hydrogens is 280 g/mol. The van der Waals surface area contributed by atoms with Gasteiger partial charge in [-0.25, -0.2) is 9.59 Å². The lowest BCUT2D eigenvalue weighted by atomic mass is 10.2. The highest BCUT2D eigenvalue weighted by Crippen LogP contribution is 2.11. The van der Waals surface area contributed by atoms with Crippen LogP contribution in [0.1, 0.15) is 12.0 Å². The number of carbonyl (C=O) groups is 3. The molecule has 4 N–H and O–H groups in total. The number of hydrogen-bond acceptors (Lipinski definition) is 5. The number of primary amides is 1. The van der Waals surface area contributed by atoms with E-state index >= 15 is 0 Å². The molecule has 0 aliphatic heterocycles. The van der Waals surface area contributed by atoms with Crippen molar-refractivity contribution in [1.29, 1.82) is 0 Å². The Morgan fingerprint density at radius 1 is 1.29 bits per heavy atom. The van der Waals surface area contributed by atoms with Crippen molar-refractivity contribution in [2.45, 2.75) is 19.1 Å². The number of carboxylic acids is 1. The maximum Gasteiger partial charge on any atom is 0.408 e. The van der Waals surface area contributed by atoms with E-state index in [-0.39, 0.29) is 6.61 Å². The van der Waals surface area contributed by atoms with Crippen molar-refractivity contribution in [3.63, 3.8) is 0 Å². The van der Waals surface area contributed by atoms with E-state index in [0.29, 0.717) is 11.3 Å². The van der Waals surface area contributed by atoms with Gasteiger partial charge in [-0.3, -0.25) is 4.79 Å². The van der Waals surface area contributed by atoms with Gasteiger partial charge in [-0.05, 0) is 17.7 Å². The van der Waals surface area contributed by atoms with E-state index in [1.54, 1.807) is 24.3 Å². The number of hydrogen-bond donors (Lipinski definition) is 3. The monoisotopic (exact) mass is 296 g/mol. The van der Waals surface area contributed by atoms with Crippen LogP contribution in [0.25, 0.3) is 0 Å². The molecule has 0 aliphatic rings. The minimum atomic E-state index is -1.41. The number of methoxy groups -OCH3 is 1. The van der Waals surface area contributed by atoms with Gasteiger partial charge < -0.3 is 25.6 Å². The largest absolute Gasteiger partial charge is 0.497 e. The number of carbonyl (C=O) groups excluding carboxylic acids is 2. The smallest absolute Gasteiger partial charge is 0.408 e. The van der Waals surface area contributed by atoms with Gasteiger partial charge in [-0.1, -0.05) is 12.1 Å². The van der Waals surface area contributed by atoms with Gasteiger partial charge in [0.1, 0.15) is 18.4 Å². The summed E-state index contributed by atoms with van der Waals surface area (Å²) in [5.74, 6) is -1.54. The fraction of sp³-hybridized carbons (Fsp3) is 0.308. The summed E-state index contributed by atoms with van der Waals surface area (Å²) < 4.78 is 9.84. The van der Waals surface area contributed by atoms with Crippen molar-refractivity contribution in [2.24, 2.45) is 5.73 Å². The summed E-state index contributed by atoms with van der Waals surface area (Å²) in [5.41, 5.74) is 5.59. The highest BCUT2D eigenvalue weighted by molar-refractivity contribution is 5.86. The second kappa shape index (κ2) is 7.73. The van der Waals surface area contributed by atoms with Crippen LogP contribution in [-0.2, 0) is 20.9 Å². The number of nitrogens with one attached hydrogen (secondary N) is 1. The molecule has 114 valence electrons. The van der Waals surface area contributed by atoms with Crippen LogP contribution in [-0.4, -0.2) is 36.2 Å². The summed E-state index contributed by atoms with van der Waals surface area (Å²) in [6.45, 7) is -0.0429. The first-order valence-corrected chi connectivity index (χ1v) is 5.99. The Morgan fingerprint density at radius 3 is 2.38 bits per heavy atom. The third kappa shape index (κ3) is 5.81. The Morgan fingerprint density at radius 2 is 1.90 bits per heavy atom. The Kier molecular flexibility index (Phi) is 5.99. The zero-order valence-corrected chi connectivity index (χ0v) is 11.4. The lowest BCUT2D eigenvalue weighted by Gasteiger charge is -2.13. The molecule has 8 heteroatoms. The average molecular weight is 296 g/mol. The molecule has 0 heterocycles. The van der Waals surface area contributed by atoms with Crippen molar-refractivity contribution in [1.82, 2.24) is 5.32 Å². The SMILES string of the molecule is COc1ccc(COC(=O)N[C@@H](CC(N)=O)C(=O)O)cc1. The maximum absolute atomic E-state index is 11.5. The van der Waals surface area contributed by atoms with Gasteiger partial charge in [0.25, 0.3) is 0 Å². The van der Waals surface area contributed by atoms with E-state index in [1.165, 1.54) is 7.11 Å². The lowest BCUT2D eigenvalue weighted by molar-refractivity contribution is -0.141. The van der Waals surface area contributed by atoms with E-state index < -0.39 is 30.4 Å². The van der Waals surface area contributed by atoms with Crippen LogP contribution in [0.3, 0.4) is 0 Å². The Labute approximate surface area is 120 Å². The second-order valence-corrected chi connectivity index (χ2v) is 4.13. The molecule has 0 bridgehead atoms. The molecule has 0 aliphatic carbocycles. The number of aliphatic carboxylic acids is 1. The Hall–Kier alpha value is -2.77. The molecule has 21 heavy (non-hydrogen) atoms. The number of alkyl carbamates (subject to hydrolysis) is 1. The highest BCUT2D eigenvalue weighted by atomic mass is 16.5. The molecule has 0 spiro atoms. The quantitative estimate of drug-likeness (QED) is 0.661.